The predicted octanol–water partition coefficient (Wildman–Crippen LogP) is 2.82. The fourth-order valence-corrected chi connectivity index (χ4v) is 1.52. The lowest BCUT2D eigenvalue weighted by Gasteiger charge is -2.16. The summed E-state index contributed by atoms with van der Waals surface area (Å²) in [4.78, 5) is 8.57. The van der Waals surface area contributed by atoms with E-state index in [0.29, 0.717) is 12.0 Å². The number of anilines is 2. The Balaban J connectivity index is 2.64. The number of unbranched alkanes of at least 4 members (excludes halogenated alkanes) is 1. The first kappa shape index (κ1) is 12.7. The minimum absolute atomic E-state index is 0.457. The molecule has 1 atom stereocenters. The highest BCUT2D eigenvalue weighted by Crippen LogP contribution is 2.15. The molecule has 1 heterocycles. The van der Waals surface area contributed by atoms with Crippen molar-refractivity contribution in [3.05, 3.63) is 11.8 Å². The van der Waals surface area contributed by atoms with Crippen LogP contribution in [0.5, 0.6) is 0 Å². The van der Waals surface area contributed by atoms with E-state index in [2.05, 4.69) is 34.4 Å². The third kappa shape index (κ3) is 3.68. The number of nitrogens with zero attached hydrogens (tertiary/aromatic N) is 2. The molecule has 1 unspecified atom stereocenters. The molecule has 90 valence electrons. The lowest BCUT2D eigenvalue weighted by molar-refractivity contribution is 0.642. The van der Waals surface area contributed by atoms with E-state index in [0.717, 1.165) is 11.4 Å². The molecular formula is C12H22N4. The number of hydrogen-bond donors (Lipinski definition) is 2. The zero-order chi connectivity index (χ0) is 12.0. The van der Waals surface area contributed by atoms with E-state index < -0.39 is 0 Å². The van der Waals surface area contributed by atoms with Crippen LogP contribution in [-0.4, -0.2) is 23.1 Å². The smallest absolute Gasteiger partial charge is 0.224 e. The van der Waals surface area contributed by atoms with Gasteiger partial charge in [-0.25, -0.2) is 4.98 Å². The van der Waals surface area contributed by atoms with Crippen molar-refractivity contribution in [1.29, 1.82) is 0 Å². The van der Waals surface area contributed by atoms with Gasteiger partial charge >= 0.3 is 0 Å². The summed E-state index contributed by atoms with van der Waals surface area (Å²) in [5, 5.41) is 6.38. The summed E-state index contributed by atoms with van der Waals surface area (Å²) >= 11 is 0. The molecule has 0 saturated heterocycles. The standard InChI is InChI=1S/C12H22N4/c1-5-6-7-10(3)15-11-9(2)8-14-12(13-4)16-11/h8,10H,5-7H2,1-4H3,(H2,13,14,15,16). The van der Waals surface area contributed by atoms with Crippen molar-refractivity contribution < 1.29 is 0 Å². The second-order valence-corrected chi connectivity index (χ2v) is 4.16. The molecule has 4 nitrogen and oxygen atoms in total. The molecule has 2 N–H and O–H groups in total. The van der Waals surface area contributed by atoms with Crippen LogP contribution < -0.4 is 10.6 Å². The van der Waals surface area contributed by atoms with Crippen LogP contribution in [0, 0.1) is 6.92 Å². The van der Waals surface area contributed by atoms with Crippen LogP contribution in [0.3, 0.4) is 0 Å². The van der Waals surface area contributed by atoms with Gasteiger partial charge in [-0.3, -0.25) is 0 Å². The molecule has 0 spiro atoms. The van der Waals surface area contributed by atoms with Crippen molar-refractivity contribution in [3.8, 4) is 0 Å². The Hall–Kier alpha value is -1.32. The lowest BCUT2D eigenvalue weighted by atomic mass is 10.1. The second-order valence-electron chi connectivity index (χ2n) is 4.16. The van der Waals surface area contributed by atoms with Gasteiger partial charge < -0.3 is 10.6 Å². The SMILES string of the molecule is CCCCC(C)Nc1nc(NC)ncc1C. The maximum atomic E-state index is 4.41. The van der Waals surface area contributed by atoms with E-state index in [1.807, 2.05) is 20.2 Å². The Bertz CT molecular complexity index is 325. The van der Waals surface area contributed by atoms with Crippen LogP contribution in [0.4, 0.5) is 11.8 Å². The number of rotatable bonds is 6. The molecule has 16 heavy (non-hydrogen) atoms. The summed E-state index contributed by atoms with van der Waals surface area (Å²) < 4.78 is 0. The Labute approximate surface area is 97.9 Å². The summed E-state index contributed by atoms with van der Waals surface area (Å²) in [6, 6.07) is 0.457. The molecule has 0 aliphatic heterocycles. The summed E-state index contributed by atoms with van der Waals surface area (Å²) in [5.41, 5.74) is 1.09. The average Bonchev–Trinajstić information content (AvgIpc) is 2.29. The van der Waals surface area contributed by atoms with Gasteiger partial charge in [0.05, 0.1) is 0 Å². The summed E-state index contributed by atoms with van der Waals surface area (Å²) in [6.07, 6.45) is 5.50. The van der Waals surface area contributed by atoms with Crippen molar-refractivity contribution in [1.82, 2.24) is 9.97 Å². The Morgan fingerprint density at radius 1 is 1.44 bits per heavy atom. The first-order chi connectivity index (χ1) is 7.67. The fourth-order valence-electron chi connectivity index (χ4n) is 1.52. The van der Waals surface area contributed by atoms with Gasteiger partial charge in [-0.15, -0.1) is 0 Å². The van der Waals surface area contributed by atoms with Gasteiger partial charge in [-0.1, -0.05) is 19.8 Å². The predicted molar refractivity (Wildman–Crippen MR) is 68.9 cm³/mol. The summed E-state index contributed by atoms with van der Waals surface area (Å²) in [6.45, 7) is 6.42. The highest BCUT2D eigenvalue weighted by atomic mass is 15.1. The van der Waals surface area contributed by atoms with Crippen LogP contribution in [0.25, 0.3) is 0 Å². The summed E-state index contributed by atoms with van der Waals surface area (Å²) in [7, 11) is 1.83. The van der Waals surface area contributed by atoms with Gasteiger partial charge in [0, 0.05) is 24.8 Å². The molecule has 0 bridgehead atoms. The number of aromatic nitrogens is 2. The van der Waals surface area contributed by atoms with Crippen LogP contribution in [0.2, 0.25) is 0 Å². The van der Waals surface area contributed by atoms with Gasteiger partial charge in [0.25, 0.3) is 0 Å². The van der Waals surface area contributed by atoms with E-state index in [1.165, 1.54) is 19.3 Å². The topological polar surface area (TPSA) is 49.8 Å². The van der Waals surface area contributed by atoms with E-state index >= 15 is 0 Å². The van der Waals surface area contributed by atoms with Gasteiger partial charge in [-0.05, 0) is 20.3 Å². The van der Waals surface area contributed by atoms with Crippen molar-refractivity contribution in [2.45, 2.75) is 46.1 Å². The Kier molecular flexibility index (Phi) is 5.02. The van der Waals surface area contributed by atoms with Crippen LogP contribution in [0.15, 0.2) is 6.20 Å². The molecule has 0 aliphatic rings. The lowest BCUT2D eigenvalue weighted by Crippen LogP contribution is -2.17. The molecule has 0 fully saturated rings. The van der Waals surface area contributed by atoms with Crippen LogP contribution in [-0.2, 0) is 0 Å². The molecule has 4 heteroatoms. The summed E-state index contributed by atoms with van der Waals surface area (Å²) in [5.74, 6) is 1.60. The number of nitrogens with one attached hydrogen (secondary N) is 2. The maximum Gasteiger partial charge on any atom is 0.224 e. The van der Waals surface area contributed by atoms with Crippen molar-refractivity contribution in [3.63, 3.8) is 0 Å². The third-order valence-corrected chi connectivity index (χ3v) is 2.57. The van der Waals surface area contributed by atoms with Gasteiger partial charge in [0.1, 0.15) is 5.82 Å². The fraction of sp³-hybridized carbons (Fsp3) is 0.667. The number of aryl methyl sites for hydroxylation is 1. The molecule has 0 amide bonds. The molecule has 0 aromatic carbocycles. The zero-order valence-corrected chi connectivity index (χ0v) is 10.7. The van der Waals surface area contributed by atoms with Crippen molar-refractivity contribution >= 4 is 11.8 Å². The van der Waals surface area contributed by atoms with E-state index in [-0.39, 0.29) is 0 Å². The average molecular weight is 222 g/mol. The highest BCUT2D eigenvalue weighted by molar-refractivity contribution is 5.46. The molecular weight excluding hydrogens is 200 g/mol. The molecule has 0 aliphatic carbocycles. The largest absolute Gasteiger partial charge is 0.367 e. The first-order valence-corrected chi connectivity index (χ1v) is 5.95. The van der Waals surface area contributed by atoms with Gasteiger partial charge in [0.2, 0.25) is 5.95 Å². The normalized spacial score (nSPS) is 12.2. The first-order valence-electron chi connectivity index (χ1n) is 5.95. The van der Waals surface area contributed by atoms with Crippen molar-refractivity contribution in [2.24, 2.45) is 0 Å². The second kappa shape index (κ2) is 6.30. The third-order valence-electron chi connectivity index (χ3n) is 2.57. The minimum Gasteiger partial charge on any atom is -0.367 e. The maximum absolute atomic E-state index is 4.41. The highest BCUT2D eigenvalue weighted by Gasteiger charge is 2.06. The number of hydrogen-bond acceptors (Lipinski definition) is 4. The van der Waals surface area contributed by atoms with Crippen molar-refractivity contribution in [2.75, 3.05) is 17.7 Å². The monoisotopic (exact) mass is 222 g/mol. The van der Waals surface area contributed by atoms with Gasteiger partial charge in [0.15, 0.2) is 0 Å². The molecule has 0 radical (unpaired) electrons. The molecule has 1 aromatic heterocycles. The van der Waals surface area contributed by atoms with Crippen LogP contribution >= 0.6 is 0 Å². The quantitative estimate of drug-likeness (QED) is 0.777. The van der Waals surface area contributed by atoms with E-state index in [9.17, 15) is 0 Å². The molecule has 1 aromatic rings. The van der Waals surface area contributed by atoms with Gasteiger partial charge in [-0.2, -0.15) is 4.98 Å². The minimum atomic E-state index is 0.457. The van der Waals surface area contributed by atoms with E-state index in [1.54, 1.807) is 0 Å². The zero-order valence-electron chi connectivity index (χ0n) is 10.7. The van der Waals surface area contributed by atoms with E-state index in [4.69, 9.17) is 0 Å². The molecule has 0 saturated carbocycles. The Morgan fingerprint density at radius 2 is 2.19 bits per heavy atom. The molecule has 1 rings (SSSR count). The Morgan fingerprint density at radius 3 is 2.81 bits per heavy atom. The van der Waals surface area contributed by atoms with Crippen LogP contribution in [0.1, 0.15) is 38.7 Å².